The Morgan fingerprint density at radius 3 is 2.31 bits per heavy atom. The van der Waals surface area contributed by atoms with E-state index in [0.717, 1.165) is 16.6 Å². The zero-order valence-corrected chi connectivity index (χ0v) is 11.7. The van der Waals surface area contributed by atoms with Gasteiger partial charge >= 0.3 is 0 Å². The Hall–Kier alpha value is -0.540. The maximum absolute atomic E-state index is 9.48. The molecule has 2 nitrogen and oxygen atoms in total. The SMILES string of the molecule is CC(C)CC(C)(CO)Nc1ccc(Br)cc1. The number of halogens is 1. The molecule has 1 unspecified atom stereocenters. The molecular weight excluding hydrogens is 266 g/mol. The van der Waals surface area contributed by atoms with E-state index in [9.17, 15) is 5.11 Å². The van der Waals surface area contributed by atoms with Crippen LogP contribution in [0.25, 0.3) is 0 Å². The van der Waals surface area contributed by atoms with Crippen LogP contribution in [0.4, 0.5) is 5.69 Å². The lowest BCUT2D eigenvalue weighted by molar-refractivity contribution is 0.202. The van der Waals surface area contributed by atoms with Crippen LogP contribution in [0, 0.1) is 5.92 Å². The predicted octanol–water partition coefficient (Wildman–Crippen LogP) is 3.66. The normalized spacial score (nSPS) is 14.9. The molecule has 0 aliphatic rings. The fourth-order valence-corrected chi connectivity index (χ4v) is 2.20. The van der Waals surface area contributed by atoms with E-state index in [1.807, 2.05) is 24.3 Å². The van der Waals surface area contributed by atoms with Crippen LogP contribution < -0.4 is 5.32 Å². The Balaban J connectivity index is 2.72. The Labute approximate surface area is 106 Å². The first-order valence-corrected chi connectivity index (χ1v) is 6.39. The summed E-state index contributed by atoms with van der Waals surface area (Å²) in [7, 11) is 0. The smallest absolute Gasteiger partial charge is 0.0658 e. The second kappa shape index (κ2) is 5.69. The molecule has 0 aliphatic heterocycles. The molecule has 0 saturated heterocycles. The van der Waals surface area contributed by atoms with E-state index in [1.165, 1.54) is 0 Å². The van der Waals surface area contributed by atoms with Crippen LogP contribution in [0.3, 0.4) is 0 Å². The van der Waals surface area contributed by atoms with Crippen molar-refractivity contribution in [1.29, 1.82) is 0 Å². The van der Waals surface area contributed by atoms with E-state index in [-0.39, 0.29) is 12.1 Å². The van der Waals surface area contributed by atoms with Crippen molar-refractivity contribution in [3.05, 3.63) is 28.7 Å². The van der Waals surface area contributed by atoms with Gasteiger partial charge in [0.2, 0.25) is 0 Å². The monoisotopic (exact) mass is 285 g/mol. The third kappa shape index (κ3) is 4.14. The predicted molar refractivity (Wildman–Crippen MR) is 72.7 cm³/mol. The lowest BCUT2D eigenvalue weighted by Gasteiger charge is -2.31. The lowest BCUT2D eigenvalue weighted by atomic mass is 9.91. The maximum Gasteiger partial charge on any atom is 0.0658 e. The molecule has 0 radical (unpaired) electrons. The highest BCUT2D eigenvalue weighted by atomic mass is 79.9. The molecule has 2 N–H and O–H groups in total. The molecule has 0 bridgehead atoms. The molecule has 16 heavy (non-hydrogen) atoms. The Morgan fingerprint density at radius 2 is 1.88 bits per heavy atom. The average Bonchev–Trinajstić information content (AvgIpc) is 2.20. The summed E-state index contributed by atoms with van der Waals surface area (Å²) in [5, 5.41) is 12.9. The van der Waals surface area contributed by atoms with Gasteiger partial charge in [-0.1, -0.05) is 29.8 Å². The first-order valence-electron chi connectivity index (χ1n) is 5.60. The van der Waals surface area contributed by atoms with Crippen molar-refractivity contribution in [2.24, 2.45) is 5.92 Å². The molecule has 0 amide bonds. The second-order valence-corrected chi connectivity index (χ2v) is 5.86. The molecule has 1 rings (SSSR count). The molecule has 90 valence electrons. The van der Waals surface area contributed by atoms with Crippen LogP contribution >= 0.6 is 15.9 Å². The molecule has 0 aliphatic carbocycles. The maximum atomic E-state index is 9.48. The lowest BCUT2D eigenvalue weighted by Crippen LogP contribution is -2.40. The van der Waals surface area contributed by atoms with Gasteiger partial charge in [0.05, 0.1) is 12.1 Å². The summed E-state index contributed by atoms with van der Waals surface area (Å²) in [5.74, 6) is 0.556. The molecule has 1 aromatic carbocycles. The fraction of sp³-hybridized carbons (Fsp3) is 0.538. The van der Waals surface area contributed by atoms with Gasteiger partial charge in [0.1, 0.15) is 0 Å². The fourth-order valence-electron chi connectivity index (χ4n) is 1.94. The van der Waals surface area contributed by atoms with Crippen LogP contribution in [0.1, 0.15) is 27.2 Å². The number of hydrogen-bond acceptors (Lipinski definition) is 2. The Bertz CT molecular complexity index is 323. The third-order valence-corrected chi connectivity index (χ3v) is 3.03. The number of nitrogens with one attached hydrogen (secondary N) is 1. The topological polar surface area (TPSA) is 32.3 Å². The summed E-state index contributed by atoms with van der Waals surface area (Å²) in [4.78, 5) is 0. The molecule has 0 saturated carbocycles. The largest absolute Gasteiger partial charge is 0.394 e. The van der Waals surface area contributed by atoms with Crippen LogP contribution in [-0.4, -0.2) is 17.3 Å². The van der Waals surface area contributed by atoms with Gasteiger partial charge in [-0.05, 0) is 43.5 Å². The van der Waals surface area contributed by atoms with Gasteiger partial charge in [0.25, 0.3) is 0 Å². The van der Waals surface area contributed by atoms with Crippen molar-refractivity contribution in [3.63, 3.8) is 0 Å². The van der Waals surface area contributed by atoms with Crippen molar-refractivity contribution in [2.45, 2.75) is 32.7 Å². The third-order valence-electron chi connectivity index (χ3n) is 2.50. The number of aliphatic hydroxyl groups is 1. The van der Waals surface area contributed by atoms with Gasteiger partial charge in [-0.3, -0.25) is 0 Å². The van der Waals surface area contributed by atoms with Crippen LogP contribution in [-0.2, 0) is 0 Å². The minimum Gasteiger partial charge on any atom is -0.394 e. The first-order chi connectivity index (χ1) is 7.45. The van der Waals surface area contributed by atoms with Crippen molar-refractivity contribution in [3.8, 4) is 0 Å². The molecular formula is C13H20BrNO. The zero-order valence-electron chi connectivity index (χ0n) is 10.1. The standard InChI is InChI=1S/C13H20BrNO/c1-10(2)8-13(3,9-16)15-12-6-4-11(14)5-7-12/h4-7,10,15-16H,8-9H2,1-3H3. The van der Waals surface area contributed by atoms with E-state index in [0.29, 0.717) is 5.92 Å². The second-order valence-electron chi connectivity index (χ2n) is 4.95. The highest BCUT2D eigenvalue weighted by Gasteiger charge is 2.24. The van der Waals surface area contributed by atoms with E-state index < -0.39 is 0 Å². The quantitative estimate of drug-likeness (QED) is 0.865. The molecule has 1 atom stereocenters. The number of hydrogen-bond donors (Lipinski definition) is 2. The first kappa shape index (κ1) is 13.5. The highest BCUT2D eigenvalue weighted by molar-refractivity contribution is 9.10. The summed E-state index contributed by atoms with van der Waals surface area (Å²) in [6.45, 7) is 6.52. The molecule has 3 heteroatoms. The number of benzene rings is 1. The van der Waals surface area contributed by atoms with Crippen LogP contribution in [0.2, 0.25) is 0 Å². The van der Waals surface area contributed by atoms with E-state index in [4.69, 9.17) is 0 Å². The van der Waals surface area contributed by atoms with Crippen molar-refractivity contribution in [1.82, 2.24) is 0 Å². The van der Waals surface area contributed by atoms with Crippen molar-refractivity contribution >= 4 is 21.6 Å². The number of aliphatic hydroxyl groups excluding tert-OH is 1. The van der Waals surface area contributed by atoms with Crippen LogP contribution in [0.15, 0.2) is 28.7 Å². The summed E-state index contributed by atoms with van der Waals surface area (Å²) >= 11 is 3.41. The van der Waals surface area contributed by atoms with Crippen molar-refractivity contribution < 1.29 is 5.11 Å². The minimum absolute atomic E-state index is 0.140. The van der Waals surface area contributed by atoms with Gasteiger partial charge in [0.15, 0.2) is 0 Å². The van der Waals surface area contributed by atoms with Gasteiger partial charge in [0, 0.05) is 10.2 Å². The summed E-state index contributed by atoms with van der Waals surface area (Å²) in [6.07, 6.45) is 0.944. The summed E-state index contributed by atoms with van der Waals surface area (Å²) < 4.78 is 1.06. The zero-order chi connectivity index (χ0) is 12.2. The van der Waals surface area contributed by atoms with Crippen LogP contribution in [0.5, 0.6) is 0 Å². The molecule has 0 heterocycles. The molecule has 0 aromatic heterocycles. The van der Waals surface area contributed by atoms with Gasteiger partial charge in [-0.2, -0.15) is 0 Å². The van der Waals surface area contributed by atoms with Gasteiger partial charge in [-0.15, -0.1) is 0 Å². The molecule has 1 aromatic rings. The summed E-state index contributed by atoms with van der Waals surface area (Å²) in [6, 6.07) is 8.02. The minimum atomic E-state index is -0.248. The van der Waals surface area contributed by atoms with E-state index >= 15 is 0 Å². The van der Waals surface area contributed by atoms with Gasteiger partial charge < -0.3 is 10.4 Å². The van der Waals surface area contributed by atoms with Gasteiger partial charge in [-0.25, -0.2) is 0 Å². The Kier molecular flexibility index (Phi) is 4.81. The molecule has 0 spiro atoms. The van der Waals surface area contributed by atoms with E-state index in [1.54, 1.807) is 0 Å². The molecule has 0 fully saturated rings. The number of anilines is 1. The number of rotatable bonds is 5. The summed E-state index contributed by atoms with van der Waals surface area (Å²) in [5.41, 5.74) is 0.794. The Morgan fingerprint density at radius 1 is 1.31 bits per heavy atom. The highest BCUT2D eigenvalue weighted by Crippen LogP contribution is 2.23. The average molecular weight is 286 g/mol. The van der Waals surface area contributed by atoms with Crippen molar-refractivity contribution in [2.75, 3.05) is 11.9 Å². The van der Waals surface area contributed by atoms with E-state index in [2.05, 4.69) is 42.0 Å².